The maximum Gasteiger partial charge on any atom is 0.120 e. The van der Waals surface area contributed by atoms with E-state index >= 15 is 0 Å². The lowest BCUT2D eigenvalue weighted by molar-refractivity contribution is 0.276. The Hall–Kier alpha value is -2.00. The molecule has 0 bridgehead atoms. The van der Waals surface area contributed by atoms with Gasteiger partial charge in [-0.25, -0.2) is 0 Å². The second-order valence-electron chi connectivity index (χ2n) is 4.53. The van der Waals surface area contributed by atoms with Crippen molar-refractivity contribution in [3.8, 4) is 5.75 Å². The molecule has 0 radical (unpaired) electrons. The van der Waals surface area contributed by atoms with Crippen LogP contribution in [0.3, 0.4) is 0 Å². The van der Waals surface area contributed by atoms with E-state index in [4.69, 9.17) is 4.74 Å². The first-order valence-electron chi connectivity index (χ1n) is 6.31. The summed E-state index contributed by atoms with van der Waals surface area (Å²) >= 11 is 0. The highest BCUT2D eigenvalue weighted by Gasteiger charge is 2.10. The molecule has 2 rings (SSSR count). The number of methoxy groups -OCH3 is 1. The molecule has 3 heteroatoms. The summed E-state index contributed by atoms with van der Waals surface area (Å²) in [6.45, 7) is 2.09. The van der Waals surface area contributed by atoms with Crippen LogP contribution in [0.25, 0.3) is 0 Å². The number of rotatable bonds is 5. The minimum Gasteiger partial charge on any atom is -0.497 e. The zero-order valence-electron chi connectivity index (χ0n) is 11.3. The number of benzene rings is 2. The van der Waals surface area contributed by atoms with Gasteiger partial charge in [-0.1, -0.05) is 35.9 Å². The largest absolute Gasteiger partial charge is 0.497 e. The standard InChI is InChI=1S/C16H19NO2/c1-12-5-3-6-13(9-12)16(11-18)17-14-7-4-8-15(10-14)19-2/h3-10,16-18H,11H2,1-2H3. The van der Waals surface area contributed by atoms with E-state index in [1.165, 1.54) is 5.56 Å². The lowest BCUT2D eigenvalue weighted by Gasteiger charge is -2.19. The van der Waals surface area contributed by atoms with Gasteiger partial charge >= 0.3 is 0 Å². The van der Waals surface area contributed by atoms with Gasteiger partial charge in [-0.05, 0) is 24.6 Å². The van der Waals surface area contributed by atoms with Gasteiger partial charge in [-0.15, -0.1) is 0 Å². The van der Waals surface area contributed by atoms with Crippen LogP contribution in [0.15, 0.2) is 48.5 Å². The lowest BCUT2D eigenvalue weighted by atomic mass is 10.0. The van der Waals surface area contributed by atoms with Crippen molar-refractivity contribution in [3.63, 3.8) is 0 Å². The summed E-state index contributed by atoms with van der Waals surface area (Å²) < 4.78 is 5.19. The second-order valence-corrected chi connectivity index (χ2v) is 4.53. The van der Waals surface area contributed by atoms with Crippen molar-refractivity contribution < 1.29 is 9.84 Å². The summed E-state index contributed by atoms with van der Waals surface area (Å²) in [5.74, 6) is 0.797. The minimum atomic E-state index is -0.119. The summed E-state index contributed by atoms with van der Waals surface area (Å²) in [6, 6.07) is 15.7. The molecule has 1 atom stereocenters. The highest BCUT2D eigenvalue weighted by molar-refractivity contribution is 5.50. The van der Waals surface area contributed by atoms with Crippen LogP contribution in [-0.4, -0.2) is 18.8 Å². The number of anilines is 1. The third kappa shape index (κ3) is 3.48. The summed E-state index contributed by atoms with van der Waals surface area (Å²) in [6.07, 6.45) is 0. The summed E-state index contributed by atoms with van der Waals surface area (Å²) in [5.41, 5.74) is 3.19. The molecule has 0 fully saturated rings. The Morgan fingerprint density at radius 3 is 2.63 bits per heavy atom. The maximum atomic E-state index is 9.56. The highest BCUT2D eigenvalue weighted by atomic mass is 16.5. The fourth-order valence-corrected chi connectivity index (χ4v) is 2.04. The third-order valence-electron chi connectivity index (χ3n) is 3.04. The van der Waals surface area contributed by atoms with Crippen LogP contribution in [-0.2, 0) is 0 Å². The van der Waals surface area contributed by atoms with Crippen molar-refractivity contribution in [1.29, 1.82) is 0 Å². The summed E-state index contributed by atoms with van der Waals surface area (Å²) in [7, 11) is 1.64. The second kappa shape index (κ2) is 6.25. The number of aliphatic hydroxyl groups excluding tert-OH is 1. The van der Waals surface area contributed by atoms with Gasteiger partial charge in [0.2, 0.25) is 0 Å². The highest BCUT2D eigenvalue weighted by Crippen LogP contribution is 2.23. The van der Waals surface area contributed by atoms with E-state index < -0.39 is 0 Å². The van der Waals surface area contributed by atoms with Crippen molar-refractivity contribution in [1.82, 2.24) is 0 Å². The predicted octanol–water partition coefficient (Wildman–Crippen LogP) is 3.15. The summed E-state index contributed by atoms with van der Waals surface area (Å²) in [4.78, 5) is 0. The molecule has 2 aromatic rings. The molecule has 0 heterocycles. The van der Waals surface area contributed by atoms with E-state index in [2.05, 4.69) is 11.4 Å². The van der Waals surface area contributed by atoms with Gasteiger partial charge in [0.05, 0.1) is 19.8 Å². The van der Waals surface area contributed by atoms with Crippen LogP contribution in [0.2, 0.25) is 0 Å². The number of aryl methyl sites for hydroxylation is 1. The Labute approximate surface area is 113 Å². The molecule has 19 heavy (non-hydrogen) atoms. The fourth-order valence-electron chi connectivity index (χ4n) is 2.04. The molecular formula is C16H19NO2. The van der Waals surface area contributed by atoms with Gasteiger partial charge in [0.15, 0.2) is 0 Å². The molecular weight excluding hydrogens is 238 g/mol. The Balaban J connectivity index is 2.18. The number of ether oxygens (including phenoxy) is 1. The molecule has 0 aliphatic rings. The first kappa shape index (κ1) is 13.4. The minimum absolute atomic E-state index is 0.0423. The van der Waals surface area contributed by atoms with Crippen LogP contribution in [0, 0.1) is 6.92 Å². The zero-order chi connectivity index (χ0) is 13.7. The van der Waals surface area contributed by atoms with Crippen LogP contribution in [0.4, 0.5) is 5.69 Å². The third-order valence-corrected chi connectivity index (χ3v) is 3.04. The Morgan fingerprint density at radius 2 is 1.95 bits per heavy atom. The smallest absolute Gasteiger partial charge is 0.120 e. The van der Waals surface area contributed by atoms with Crippen molar-refractivity contribution in [2.24, 2.45) is 0 Å². The molecule has 0 aromatic heterocycles. The topological polar surface area (TPSA) is 41.5 Å². The van der Waals surface area contributed by atoms with E-state index in [0.29, 0.717) is 0 Å². The molecule has 1 unspecified atom stereocenters. The Bertz CT molecular complexity index is 540. The number of aliphatic hydroxyl groups is 1. The normalized spacial score (nSPS) is 11.9. The van der Waals surface area contributed by atoms with Crippen LogP contribution in [0.1, 0.15) is 17.2 Å². The van der Waals surface area contributed by atoms with Crippen LogP contribution in [0.5, 0.6) is 5.75 Å². The van der Waals surface area contributed by atoms with Crippen molar-refractivity contribution in [3.05, 3.63) is 59.7 Å². The Kier molecular flexibility index (Phi) is 4.42. The van der Waals surface area contributed by atoms with E-state index in [-0.39, 0.29) is 12.6 Å². The van der Waals surface area contributed by atoms with Crippen molar-refractivity contribution >= 4 is 5.69 Å². The average molecular weight is 257 g/mol. The van der Waals surface area contributed by atoms with Gasteiger partial charge in [0.1, 0.15) is 5.75 Å². The van der Waals surface area contributed by atoms with E-state index in [1.54, 1.807) is 7.11 Å². The molecule has 2 aromatic carbocycles. The van der Waals surface area contributed by atoms with E-state index in [9.17, 15) is 5.11 Å². The van der Waals surface area contributed by atoms with Gasteiger partial charge < -0.3 is 15.2 Å². The Morgan fingerprint density at radius 1 is 1.16 bits per heavy atom. The van der Waals surface area contributed by atoms with E-state index in [1.807, 2.05) is 49.4 Å². The zero-order valence-corrected chi connectivity index (χ0v) is 11.3. The first-order valence-corrected chi connectivity index (χ1v) is 6.31. The quantitative estimate of drug-likeness (QED) is 0.864. The SMILES string of the molecule is COc1cccc(NC(CO)c2cccc(C)c2)c1. The van der Waals surface area contributed by atoms with Crippen LogP contribution < -0.4 is 10.1 Å². The first-order chi connectivity index (χ1) is 9.22. The molecule has 0 saturated heterocycles. The van der Waals surface area contributed by atoms with Crippen LogP contribution >= 0.6 is 0 Å². The molecule has 2 N–H and O–H groups in total. The molecule has 3 nitrogen and oxygen atoms in total. The van der Waals surface area contributed by atoms with Crippen molar-refractivity contribution in [2.45, 2.75) is 13.0 Å². The van der Waals surface area contributed by atoms with Gasteiger partial charge in [0, 0.05) is 11.8 Å². The van der Waals surface area contributed by atoms with E-state index in [0.717, 1.165) is 17.0 Å². The molecule has 0 spiro atoms. The number of nitrogens with one attached hydrogen (secondary N) is 1. The fraction of sp³-hybridized carbons (Fsp3) is 0.250. The monoisotopic (exact) mass is 257 g/mol. The van der Waals surface area contributed by atoms with Gasteiger partial charge in [-0.2, -0.15) is 0 Å². The predicted molar refractivity (Wildman–Crippen MR) is 77.6 cm³/mol. The molecule has 0 amide bonds. The molecule has 100 valence electrons. The number of hydrogen-bond donors (Lipinski definition) is 2. The van der Waals surface area contributed by atoms with Gasteiger partial charge in [0.25, 0.3) is 0 Å². The maximum absolute atomic E-state index is 9.56. The molecule has 0 aliphatic heterocycles. The molecule has 0 saturated carbocycles. The number of hydrogen-bond acceptors (Lipinski definition) is 3. The van der Waals surface area contributed by atoms with Gasteiger partial charge in [-0.3, -0.25) is 0 Å². The average Bonchev–Trinajstić information content (AvgIpc) is 2.45. The summed E-state index contributed by atoms with van der Waals surface area (Å²) in [5, 5.41) is 12.9. The lowest BCUT2D eigenvalue weighted by Crippen LogP contribution is -2.14. The molecule has 0 aliphatic carbocycles. The van der Waals surface area contributed by atoms with Crippen molar-refractivity contribution in [2.75, 3.05) is 19.0 Å².